The summed E-state index contributed by atoms with van der Waals surface area (Å²) >= 11 is 0. The molecule has 1 rings (SSSR count). The van der Waals surface area contributed by atoms with Gasteiger partial charge < -0.3 is 10.5 Å². The van der Waals surface area contributed by atoms with Crippen molar-refractivity contribution in [2.45, 2.75) is 51.5 Å². The molecule has 0 saturated heterocycles. The zero-order valence-corrected chi connectivity index (χ0v) is 8.42. The third kappa shape index (κ3) is 4.27. The number of hydrazone groups is 1. The van der Waals surface area contributed by atoms with Crippen molar-refractivity contribution in [2.75, 3.05) is 6.61 Å². The lowest BCUT2D eigenvalue weighted by Gasteiger charge is -2.08. The Morgan fingerprint density at radius 1 is 1.31 bits per heavy atom. The number of rotatable bonds is 3. The summed E-state index contributed by atoms with van der Waals surface area (Å²) in [5.74, 6) is 0. The maximum absolute atomic E-state index is 8.79. The van der Waals surface area contributed by atoms with Crippen molar-refractivity contribution in [3.63, 3.8) is 0 Å². The van der Waals surface area contributed by atoms with E-state index in [4.69, 9.17) is 5.11 Å². The summed E-state index contributed by atoms with van der Waals surface area (Å²) in [6.07, 6.45) is 7.49. The molecule has 0 bridgehead atoms. The van der Waals surface area contributed by atoms with Gasteiger partial charge in [-0.05, 0) is 32.6 Å². The molecule has 0 aromatic heterocycles. The molecule has 1 fully saturated rings. The standard InChI is InChI=1S/C10H20N2O/c1-9(8-13)11-12-10-6-4-2-3-5-7-10/h9,11,13H,2-8H2,1H3. The van der Waals surface area contributed by atoms with Crippen LogP contribution in [-0.2, 0) is 0 Å². The van der Waals surface area contributed by atoms with Crippen molar-refractivity contribution in [2.24, 2.45) is 5.10 Å². The lowest BCUT2D eigenvalue weighted by molar-refractivity contribution is 0.253. The first-order chi connectivity index (χ1) is 6.33. The van der Waals surface area contributed by atoms with Crippen molar-refractivity contribution in [1.29, 1.82) is 0 Å². The van der Waals surface area contributed by atoms with Crippen molar-refractivity contribution in [3.05, 3.63) is 0 Å². The van der Waals surface area contributed by atoms with E-state index in [9.17, 15) is 0 Å². The molecule has 0 aromatic carbocycles. The van der Waals surface area contributed by atoms with Crippen LogP contribution in [0.2, 0.25) is 0 Å². The van der Waals surface area contributed by atoms with Crippen LogP contribution in [0.1, 0.15) is 45.4 Å². The highest BCUT2D eigenvalue weighted by Crippen LogP contribution is 2.14. The lowest BCUT2D eigenvalue weighted by atomic mass is 10.2. The van der Waals surface area contributed by atoms with E-state index in [-0.39, 0.29) is 12.6 Å². The molecule has 0 aromatic rings. The van der Waals surface area contributed by atoms with Crippen LogP contribution in [-0.4, -0.2) is 23.5 Å². The van der Waals surface area contributed by atoms with Gasteiger partial charge in [0, 0.05) is 5.71 Å². The van der Waals surface area contributed by atoms with Gasteiger partial charge in [-0.25, -0.2) is 0 Å². The molecule has 1 unspecified atom stereocenters. The Bertz CT molecular complexity index is 158. The molecule has 1 saturated carbocycles. The van der Waals surface area contributed by atoms with E-state index >= 15 is 0 Å². The number of nitrogens with one attached hydrogen (secondary N) is 1. The second kappa shape index (κ2) is 5.97. The third-order valence-electron chi connectivity index (χ3n) is 2.40. The maximum atomic E-state index is 8.79. The fourth-order valence-electron chi connectivity index (χ4n) is 1.49. The summed E-state index contributed by atoms with van der Waals surface area (Å²) in [5, 5.41) is 13.1. The van der Waals surface area contributed by atoms with E-state index in [1.54, 1.807) is 0 Å². The third-order valence-corrected chi connectivity index (χ3v) is 2.40. The average molecular weight is 184 g/mol. The Kier molecular flexibility index (Phi) is 4.83. The maximum Gasteiger partial charge on any atom is 0.0646 e. The van der Waals surface area contributed by atoms with Crippen LogP contribution < -0.4 is 5.43 Å². The highest BCUT2D eigenvalue weighted by Gasteiger charge is 2.05. The Morgan fingerprint density at radius 2 is 1.92 bits per heavy atom. The van der Waals surface area contributed by atoms with Gasteiger partial charge in [0.05, 0.1) is 12.6 Å². The van der Waals surface area contributed by atoms with Crippen LogP contribution in [0.4, 0.5) is 0 Å². The van der Waals surface area contributed by atoms with Gasteiger partial charge in [0.2, 0.25) is 0 Å². The molecule has 13 heavy (non-hydrogen) atoms. The molecular formula is C10H20N2O. The van der Waals surface area contributed by atoms with Gasteiger partial charge in [0.15, 0.2) is 0 Å². The van der Waals surface area contributed by atoms with Gasteiger partial charge >= 0.3 is 0 Å². The highest BCUT2D eigenvalue weighted by atomic mass is 16.3. The zero-order valence-electron chi connectivity index (χ0n) is 8.42. The van der Waals surface area contributed by atoms with Crippen molar-refractivity contribution in [3.8, 4) is 0 Å². The summed E-state index contributed by atoms with van der Waals surface area (Å²) in [6.45, 7) is 2.08. The molecule has 0 spiro atoms. The minimum atomic E-state index is 0.0794. The van der Waals surface area contributed by atoms with Crippen LogP contribution in [0.3, 0.4) is 0 Å². The number of hydrogen-bond acceptors (Lipinski definition) is 3. The summed E-state index contributed by atoms with van der Waals surface area (Å²) < 4.78 is 0. The second-order valence-electron chi connectivity index (χ2n) is 3.80. The minimum absolute atomic E-state index is 0.0794. The van der Waals surface area contributed by atoms with Crippen molar-refractivity contribution in [1.82, 2.24) is 5.43 Å². The molecule has 0 radical (unpaired) electrons. The zero-order chi connectivity index (χ0) is 9.52. The van der Waals surface area contributed by atoms with Crippen LogP contribution in [0, 0.1) is 0 Å². The number of aliphatic hydroxyl groups is 1. The molecule has 1 aliphatic rings. The van der Waals surface area contributed by atoms with Gasteiger partial charge in [-0.2, -0.15) is 5.10 Å². The highest BCUT2D eigenvalue weighted by molar-refractivity contribution is 5.84. The van der Waals surface area contributed by atoms with E-state index in [0.717, 1.165) is 12.8 Å². The molecule has 76 valence electrons. The topological polar surface area (TPSA) is 44.6 Å². The molecule has 3 nitrogen and oxygen atoms in total. The average Bonchev–Trinajstić information content (AvgIpc) is 2.42. The van der Waals surface area contributed by atoms with E-state index in [1.165, 1.54) is 31.4 Å². The Labute approximate surface area is 80.2 Å². The fraction of sp³-hybridized carbons (Fsp3) is 0.900. The SMILES string of the molecule is CC(CO)NN=C1CCCCCC1. The lowest BCUT2D eigenvalue weighted by Crippen LogP contribution is -2.25. The molecule has 1 atom stereocenters. The van der Waals surface area contributed by atoms with Crippen molar-refractivity contribution >= 4 is 5.71 Å². The van der Waals surface area contributed by atoms with Gasteiger partial charge in [-0.1, -0.05) is 12.8 Å². The minimum Gasteiger partial charge on any atom is -0.394 e. The predicted octanol–water partition coefficient (Wildman–Crippen LogP) is 1.67. The summed E-state index contributed by atoms with van der Waals surface area (Å²) in [6, 6.07) is 0.0794. The van der Waals surface area contributed by atoms with Gasteiger partial charge in [0.25, 0.3) is 0 Å². The monoisotopic (exact) mass is 184 g/mol. The van der Waals surface area contributed by atoms with Crippen LogP contribution >= 0.6 is 0 Å². The van der Waals surface area contributed by atoms with Gasteiger partial charge in [-0.3, -0.25) is 0 Å². The molecular weight excluding hydrogens is 164 g/mol. The van der Waals surface area contributed by atoms with Gasteiger partial charge in [0.1, 0.15) is 0 Å². The molecule has 0 heterocycles. The summed E-state index contributed by atoms with van der Waals surface area (Å²) in [4.78, 5) is 0. The van der Waals surface area contributed by atoms with Crippen LogP contribution in [0.15, 0.2) is 5.10 Å². The largest absolute Gasteiger partial charge is 0.394 e. The second-order valence-corrected chi connectivity index (χ2v) is 3.80. The molecule has 0 amide bonds. The predicted molar refractivity (Wildman–Crippen MR) is 54.8 cm³/mol. The Balaban J connectivity index is 2.30. The number of hydrogen-bond donors (Lipinski definition) is 2. The molecule has 2 N–H and O–H groups in total. The first-order valence-electron chi connectivity index (χ1n) is 5.24. The summed E-state index contributed by atoms with van der Waals surface area (Å²) in [7, 11) is 0. The Hall–Kier alpha value is -0.570. The normalized spacial score (nSPS) is 20.6. The van der Waals surface area contributed by atoms with E-state index in [1.807, 2.05) is 6.92 Å². The van der Waals surface area contributed by atoms with Crippen molar-refractivity contribution < 1.29 is 5.11 Å². The van der Waals surface area contributed by atoms with Crippen LogP contribution in [0.5, 0.6) is 0 Å². The molecule has 0 aliphatic heterocycles. The van der Waals surface area contributed by atoms with Gasteiger partial charge in [-0.15, -0.1) is 0 Å². The van der Waals surface area contributed by atoms with E-state index in [2.05, 4.69) is 10.5 Å². The van der Waals surface area contributed by atoms with Crippen LogP contribution in [0.25, 0.3) is 0 Å². The van der Waals surface area contributed by atoms with E-state index in [0.29, 0.717) is 0 Å². The number of aliphatic hydroxyl groups excluding tert-OH is 1. The quantitative estimate of drug-likeness (QED) is 0.517. The Morgan fingerprint density at radius 3 is 2.46 bits per heavy atom. The number of nitrogens with zero attached hydrogens (tertiary/aromatic N) is 1. The first-order valence-corrected chi connectivity index (χ1v) is 5.24. The smallest absolute Gasteiger partial charge is 0.0646 e. The summed E-state index contributed by atoms with van der Waals surface area (Å²) in [5.41, 5.74) is 4.24. The fourth-order valence-corrected chi connectivity index (χ4v) is 1.49. The molecule has 1 aliphatic carbocycles. The first kappa shape index (κ1) is 10.5. The van der Waals surface area contributed by atoms with E-state index < -0.39 is 0 Å². The molecule has 3 heteroatoms.